The van der Waals surface area contributed by atoms with Crippen LogP contribution in [0.25, 0.3) is 0 Å². The van der Waals surface area contributed by atoms with Gasteiger partial charge < -0.3 is 24.6 Å². The summed E-state index contributed by atoms with van der Waals surface area (Å²) in [5.41, 5.74) is 0. The third-order valence-electron chi connectivity index (χ3n) is 3.07. The van der Waals surface area contributed by atoms with Crippen molar-refractivity contribution in [1.29, 1.82) is 0 Å². The maximum Gasteiger partial charge on any atom is 2.00 e. The number of ketones is 3. The molecule has 0 aliphatic carbocycles. The summed E-state index contributed by atoms with van der Waals surface area (Å²) in [4.78, 5) is 60.6. The molecule has 0 amide bonds. The van der Waals surface area contributed by atoms with Gasteiger partial charge in [0.2, 0.25) is 0 Å². The molecule has 0 spiro atoms. The predicted molar refractivity (Wildman–Crippen MR) is 84.9 cm³/mol. The average molecular weight is 406 g/mol. The zero-order valence-electron chi connectivity index (χ0n) is 15.8. The molecule has 2 unspecified atom stereocenters. The minimum Gasteiger partial charge on any atom is -0.549 e. The van der Waals surface area contributed by atoms with E-state index >= 15 is 0 Å². The fraction of sp³-hybridized carbons (Fsp3) is 0.647. The Balaban J connectivity index is -0.000000138. The molecule has 0 aliphatic rings. The van der Waals surface area contributed by atoms with Crippen molar-refractivity contribution in [2.24, 2.45) is 11.8 Å². The van der Waals surface area contributed by atoms with Gasteiger partial charge in [0.25, 0.3) is 0 Å². The topological polar surface area (TPSA) is 149 Å². The predicted octanol–water partition coefficient (Wildman–Crippen LogP) is -0.745. The van der Waals surface area contributed by atoms with E-state index in [0.717, 1.165) is 0 Å². The largest absolute Gasteiger partial charge is 2.00 e. The number of carbonyl (C=O) groups excluding carboxylic acids is 6. The molecule has 0 rings (SSSR count). The Labute approximate surface area is 168 Å². The fourth-order valence-corrected chi connectivity index (χ4v) is 1.48. The van der Waals surface area contributed by atoms with Crippen LogP contribution in [0.2, 0.25) is 0 Å². The summed E-state index contributed by atoms with van der Waals surface area (Å²) in [5, 5.41) is 20.1. The summed E-state index contributed by atoms with van der Waals surface area (Å²) < 4.78 is 0. The van der Waals surface area contributed by atoms with Crippen LogP contribution in [0.4, 0.5) is 0 Å². The molecule has 146 valence electrons. The number of aliphatic carboxylic acids is 2. The van der Waals surface area contributed by atoms with Gasteiger partial charge in [-0.3, -0.25) is 14.4 Å². The Hall–Kier alpha value is -1.67. The van der Waals surface area contributed by atoms with E-state index in [4.69, 9.17) is 0 Å². The van der Waals surface area contributed by atoms with Crippen LogP contribution >= 0.6 is 0 Å². The van der Waals surface area contributed by atoms with Crippen LogP contribution in [0, 0.1) is 11.8 Å². The average Bonchev–Trinajstić information content (AvgIpc) is 2.48. The van der Waals surface area contributed by atoms with Gasteiger partial charge in [0.15, 0.2) is 0 Å². The van der Waals surface area contributed by atoms with E-state index in [-0.39, 0.29) is 45.5 Å². The third-order valence-corrected chi connectivity index (χ3v) is 3.07. The van der Waals surface area contributed by atoms with Crippen molar-refractivity contribution >= 4 is 35.6 Å². The Bertz CT molecular complexity index is 413. The van der Waals surface area contributed by atoms with Crippen LogP contribution in [0.5, 0.6) is 0 Å². The molecule has 0 aliphatic heterocycles. The van der Waals surface area contributed by atoms with Gasteiger partial charge in [-0.15, -0.1) is 0 Å². The van der Waals surface area contributed by atoms with Gasteiger partial charge in [-0.25, -0.2) is 0 Å². The van der Waals surface area contributed by atoms with E-state index in [0.29, 0.717) is 25.5 Å². The number of hydrogen-bond acceptors (Lipinski definition) is 8. The zero-order valence-corrected chi connectivity index (χ0v) is 17.4. The fourth-order valence-electron chi connectivity index (χ4n) is 1.48. The normalized spacial score (nSPS) is 11.0. The maximum absolute atomic E-state index is 10.4. The molecule has 0 aromatic carbocycles. The molecule has 0 fully saturated rings. The number of aldehydes is 1. The van der Waals surface area contributed by atoms with Crippen molar-refractivity contribution in [1.82, 2.24) is 0 Å². The van der Waals surface area contributed by atoms with Gasteiger partial charge in [-0.2, -0.15) is 0 Å². The Morgan fingerprint density at radius 1 is 0.808 bits per heavy atom. The molecule has 0 saturated carbocycles. The van der Waals surface area contributed by atoms with Crippen LogP contribution in [-0.2, 0) is 50.5 Å². The number of carbonyl (C=O) groups is 6. The van der Waals surface area contributed by atoms with Crippen LogP contribution in [-0.4, -0.2) is 35.6 Å². The SMILES string of the molecule is CCC(=O)CC=O.CCC(C(C)=O)C(=O)[O-].CCC(C(C)=O)C(=O)[O-].[Ti+2]. The molecule has 9 heteroatoms. The summed E-state index contributed by atoms with van der Waals surface area (Å²) in [6, 6.07) is 0. The second kappa shape index (κ2) is 19.7. The van der Waals surface area contributed by atoms with Crippen molar-refractivity contribution in [3.8, 4) is 0 Å². The van der Waals surface area contributed by atoms with Gasteiger partial charge >= 0.3 is 21.7 Å². The van der Waals surface area contributed by atoms with Gasteiger partial charge in [0.1, 0.15) is 23.6 Å². The number of rotatable bonds is 9. The van der Waals surface area contributed by atoms with Crippen molar-refractivity contribution < 1.29 is 60.7 Å². The van der Waals surface area contributed by atoms with E-state index in [1.54, 1.807) is 20.8 Å². The van der Waals surface area contributed by atoms with Crippen molar-refractivity contribution in [3.05, 3.63) is 0 Å². The Morgan fingerprint density at radius 2 is 1.12 bits per heavy atom. The minimum atomic E-state index is -1.27. The molecule has 0 bridgehead atoms. The van der Waals surface area contributed by atoms with Crippen molar-refractivity contribution in [2.75, 3.05) is 0 Å². The van der Waals surface area contributed by atoms with E-state index in [9.17, 15) is 39.0 Å². The summed E-state index contributed by atoms with van der Waals surface area (Å²) in [6.07, 6.45) is 1.82. The number of carboxylic acids is 2. The molecule has 0 saturated heterocycles. The third kappa shape index (κ3) is 18.7. The van der Waals surface area contributed by atoms with Crippen LogP contribution < -0.4 is 10.2 Å². The van der Waals surface area contributed by atoms with Crippen molar-refractivity contribution in [3.63, 3.8) is 0 Å². The second-order valence-electron chi connectivity index (χ2n) is 5.04. The van der Waals surface area contributed by atoms with E-state index in [1.807, 2.05) is 0 Å². The zero-order chi connectivity index (χ0) is 20.6. The van der Waals surface area contributed by atoms with Crippen LogP contribution in [0.1, 0.15) is 60.3 Å². The molecule has 0 heterocycles. The van der Waals surface area contributed by atoms with Crippen LogP contribution in [0.15, 0.2) is 0 Å². The summed E-state index contributed by atoms with van der Waals surface area (Å²) >= 11 is 0. The molecule has 0 N–H and O–H groups in total. The van der Waals surface area contributed by atoms with Gasteiger partial charge in [0, 0.05) is 6.42 Å². The molecule has 8 nitrogen and oxygen atoms in total. The summed E-state index contributed by atoms with van der Waals surface area (Å²) in [5.74, 6) is -5.03. The first-order valence-corrected chi connectivity index (χ1v) is 7.87. The molecular formula is C17H26O8Ti. The van der Waals surface area contributed by atoms with Crippen molar-refractivity contribution in [2.45, 2.75) is 60.3 Å². The first-order valence-electron chi connectivity index (χ1n) is 7.87. The van der Waals surface area contributed by atoms with Gasteiger partial charge in [-0.05, 0) is 26.7 Å². The monoisotopic (exact) mass is 406 g/mol. The van der Waals surface area contributed by atoms with E-state index < -0.39 is 23.8 Å². The molecule has 26 heavy (non-hydrogen) atoms. The number of hydrogen-bond donors (Lipinski definition) is 0. The minimum absolute atomic E-state index is 0. The molecule has 0 aromatic heterocycles. The molecule has 0 radical (unpaired) electrons. The first-order chi connectivity index (χ1) is 11.5. The number of Topliss-reactive ketones (excluding diaryl/α,β-unsaturated/α-hetero) is 3. The van der Waals surface area contributed by atoms with Gasteiger partial charge in [-0.1, -0.05) is 20.8 Å². The summed E-state index contributed by atoms with van der Waals surface area (Å²) in [6.45, 7) is 7.53. The Kier molecular flexibility index (Phi) is 24.2. The quantitative estimate of drug-likeness (QED) is 0.276. The molecule has 2 atom stereocenters. The standard InChI is InChI=1S/2C6H10O3.C5H8O2.Ti/c2*1-3-5(4(2)7)6(8)9;1-2-5(7)3-4-6;/h2*5H,3H2,1-2H3,(H,8,9);4H,2-3H2,1H3;/q;;;+2/p-2. The molecule has 0 aromatic rings. The smallest absolute Gasteiger partial charge is 0.549 e. The van der Waals surface area contributed by atoms with Gasteiger partial charge in [0.05, 0.1) is 30.2 Å². The summed E-state index contributed by atoms with van der Waals surface area (Å²) in [7, 11) is 0. The van der Waals surface area contributed by atoms with E-state index in [2.05, 4.69) is 0 Å². The Morgan fingerprint density at radius 3 is 1.15 bits per heavy atom. The number of carboxylic acid groups (broad SMARTS) is 2. The maximum atomic E-state index is 10.4. The second-order valence-corrected chi connectivity index (χ2v) is 5.04. The molecular weight excluding hydrogens is 380 g/mol. The first kappa shape index (κ1) is 32.0. The van der Waals surface area contributed by atoms with Crippen LogP contribution in [0.3, 0.4) is 0 Å². The van der Waals surface area contributed by atoms with E-state index in [1.165, 1.54) is 13.8 Å².